The summed E-state index contributed by atoms with van der Waals surface area (Å²) < 4.78 is 5.36. The van der Waals surface area contributed by atoms with E-state index >= 15 is 0 Å². The highest BCUT2D eigenvalue weighted by Gasteiger charge is 2.37. The molecule has 1 aliphatic rings. The number of nitrogens with zero attached hydrogens (tertiary/aromatic N) is 2. The van der Waals surface area contributed by atoms with Crippen LogP contribution in [0.1, 0.15) is 36.3 Å². The van der Waals surface area contributed by atoms with Gasteiger partial charge in [0.15, 0.2) is 0 Å². The third kappa shape index (κ3) is 6.10. The van der Waals surface area contributed by atoms with Crippen molar-refractivity contribution in [2.24, 2.45) is 5.92 Å². The van der Waals surface area contributed by atoms with E-state index in [4.69, 9.17) is 4.74 Å². The predicted molar refractivity (Wildman–Crippen MR) is 139 cm³/mol. The molecule has 1 saturated heterocycles. The minimum absolute atomic E-state index is 0.0320. The van der Waals surface area contributed by atoms with Gasteiger partial charge in [-0.2, -0.15) is 0 Å². The first-order valence-electron chi connectivity index (χ1n) is 12.4. The number of fused-ring (bicyclic) bond motifs is 1. The minimum atomic E-state index is -1.24. The van der Waals surface area contributed by atoms with E-state index in [0.717, 1.165) is 5.39 Å². The SMILES string of the molecule is COc1cccc2[nH]c(C(=O)N[C@@H](CC(C)C)C(=O)N[C@@H](Cc3cccnc3O)C(=O)C(=O)N3CC3)cc12. The molecule has 1 fully saturated rings. The number of ether oxygens (including phenoxy) is 1. The fourth-order valence-corrected chi connectivity index (χ4v) is 4.22. The summed E-state index contributed by atoms with van der Waals surface area (Å²) in [7, 11) is 1.54. The molecule has 11 heteroatoms. The summed E-state index contributed by atoms with van der Waals surface area (Å²) in [6.45, 7) is 4.76. The van der Waals surface area contributed by atoms with Crippen LogP contribution >= 0.6 is 0 Å². The van der Waals surface area contributed by atoms with E-state index in [1.807, 2.05) is 19.9 Å². The third-order valence-corrected chi connectivity index (χ3v) is 6.29. The van der Waals surface area contributed by atoms with Crippen LogP contribution in [-0.4, -0.2) is 75.8 Å². The lowest BCUT2D eigenvalue weighted by Gasteiger charge is -2.24. The van der Waals surface area contributed by atoms with Gasteiger partial charge >= 0.3 is 0 Å². The number of aromatic amines is 1. The van der Waals surface area contributed by atoms with Gasteiger partial charge in [0.25, 0.3) is 11.8 Å². The Morgan fingerprint density at radius 3 is 2.53 bits per heavy atom. The molecule has 1 aromatic carbocycles. The maximum absolute atomic E-state index is 13.4. The summed E-state index contributed by atoms with van der Waals surface area (Å²) >= 11 is 0. The summed E-state index contributed by atoms with van der Waals surface area (Å²) in [6, 6.07) is 7.96. The van der Waals surface area contributed by atoms with Gasteiger partial charge in [0.2, 0.25) is 17.6 Å². The highest BCUT2D eigenvalue weighted by Crippen LogP contribution is 2.26. The van der Waals surface area contributed by atoms with Gasteiger partial charge < -0.3 is 30.4 Å². The van der Waals surface area contributed by atoms with Crippen LogP contribution in [0.25, 0.3) is 10.9 Å². The Hall–Kier alpha value is -4.41. The van der Waals surface area contributed by atoms with E-state index in [2.05, 4.69) is 20.6 Å². The Morgan fingerprint density at radius 1 is 1.11 bits per heavy atom. The lowest BCUT2D eigenvalue weighted by atomic mass is 9.99. The van der Waals surface area contributed by atoms with Crippen LogP contribution in [-0.2, 0) is 20.8 Å². The zero-order chi connectivity index (χ0) is 27.4. The van der Waals surface area contributed by atoms with Gasteiger partial charge in [0.05, 0.1) is 7.11 Å². The third-order valence-electron chi connectivity index (χ3n) is 6.29. The van der Waals surface area contributed by atoms with Crippen molar-refractivity contribution in [3.05, 3.63) is 53.9 Å². The van der Waals surface area contributed by atoms with E-state index in [-0.39, 0.29) is 23.9 Å². The molecule has 3 aromatic rings. The van der Waals surface area contributed by atoms with Gasteiger partial charge in [-0.25, -0.2) is 4.98 Å². The van der Waals surface area contributed by atoms with Gasteiger partial charge in [0.1, 0.15) is 23.5 Å². The summed E-state index contributed by atoms with van der Waals surface area (Å²) in [5, 5.41) is 16.2. The van der Waals surface area contributed by atoms with Crippen molar-refractivity contribution in [3.8, 4) is 11.6 Å². The van der Waals surface area contributed by atoms with Crippen molar-refractivity contribution in [2.45, 2.75) is 38.8 Å². The Kier molecular flexibility index (Phi) is 7.94. The van der Waals surface area contributed by atoms with Crippen LogP contribution in [0.15, 0.2) is 42.6 Å². The molecule has 2 atom stereocenters. The molecule has 0 aliphatic carbocycles. The second-order valence-corrected chi connectivity index (χ2v) is 9.67. The largest absolute Gasteiger partial charge is 0.496 e. The number of Topliss-reactive ketones (excluding diaryl/α,β-unsaturated/α-hetero) is 1. The molecule has 0 saturated carbocycles. The van der Waals surface area contributed by atoms with Crippen molar-refractivity contribution >= 4 is 34.4 Å². The molecule has 3 amide bonds. The number of H-pyrrole nitrogens is 1. The van der Waals surface area contributed by atoms with Gasteiger partial charge in [-0.1, -0.05) is 26.0 Å². The van der Waals surface area contributed by atoms with Crippen LogP contribution in [0.4, 0.5) is 0 Å². The summed E-state index contributed by atoms with van der Waals surface area (Å²) in [5.74, 6) is -2.26. The highest BCUT2D eigenvalue weighted by atomic mass is 16.5. The number of rotatable bonds is 11. The van der Waals surface area contributed by atoms with Gasteiger partial charge in [0, 0.05) is 42.2 Å². The number of ketones is 1. The molecule has 4 rings (SSSR count). The van der Waals surface area contributed by atoms with Crippen molar-refractivity contribution in [2.75, 3.05) is 20.2 Å². The molecule has 0 unspecified atom stereocenters. The van der Waals surface area contributed by atoms with Crippen molar-refractivity contribution in [1.29, 1.82) is 0 Å². The Morgan fingerprint density at radius 2 is 1.87 bits per heavy atom. The predicted octanol–water partition coefficient (Wildman–Crippen LogP) is 1.56. The van der Waals surface area contributed by atoms with Crippen LogP contribution in [0.5, 0.6) is 11.6 Å². The first kappa shape index (κ1) is 26.6. The van der Waals surface area contributed by atoms with Crippen LogP contribution in [0.3, 0.4) is 0 Å². The fourth-order valence-electron chi connectivity index (χ4n) is 4.22. The number of nitrogens with one attached hydrogen (secondary N) is 3. The normalized spacial score (nSPS) is 14.2. The number of carbonyl (C=O) groups excluding carboxylic acids is 4. The number of benzene rings is 1. The molecule has 1 aliphatic heterocycles. The molecule has 38 heavy (non-hydrogen) atoms. The van der Waals surface area contributed by atoms with Crippen molar-refractivity contribution < 1.29 is 29.0 Å². The van der Waals surface area contributed by atoms with Crippen LogP contribution in [0.2, 0.25) is 0 Å². The number of carbonyl (C=O) groups is 4. The topological polar surface area (TPSA) is 153 Å². The van der Waals surface area contributed by atoms with Gasteiger partial charge in [-0.15, -0.1) is 0 Å². The van der Waals surface area contributed by atoms with E-state index < -0.39 is 35.6 Å². The maximum Gasteiger partial charge on any atom is 0.292 e. The molecular weight excluding hydrogens is 490 g/mol. The molecule has 200 valence electrons. The Labute approximate surface area is 219 Å². The molecule has 0 bridgehead atoms. The second-order valence-electron chi connectivity index (χ2n) is 9.67. The molecule has 0 spiro atoms. The Bertz CT molecular complexity index is 1360. The molecule has 11 nitrogen and oxygen atoms in total. The molecule has 4 N–H and O–H groups in total. The first-order chi connectivity index (χ1) is 18.2. The number of amides is 3. The van der Waals surface area contributed by atoms with Gasteiger partial charge in [-0.3, -0.25) is 19.2 Å². The average molecular weight is 522 g/mol. The lowest BCUT2D eigenvalue weighted by Crippen LogP contribution is -2.54. The summed E-state index contributed by atoms with van der Waals surface area (Å²) in [4.78, 5) is 60.3. The molecule has 2 aromatic heterocycles. The van der Waals surface area contributed by atoms with E-state index in [0.29, 0.717) is 36.3 Å². The lowest BCUT2D eigenvalue weighted by molar-refractivity contribution is -0.143. The van der Waals surface area contributed by atoms with E-state index in [9.17, 15) is 24.3 Å². The molecule has 0 radical (unpaired) electrons. The molecule has 3 heterocycles. The number of hydrogen-bond acceptors (Lipinski definition) is 7. The molecular formula is C27H31N5O6. The smallest absolute Gasteiger partial charge is 0.292 e. The number of methoxy groups -OCH3 is 1. The van der Waals surface area contributed by atoms with Crippen LogP contribution < -0.4 is 15.4 Å². The van der Waals surface area contributed by atoms with Crippen LogP contribution in [0, 0.1) is 5.92 Å². The van der Waals surface area contributed by atoms with Gasteiger partial charge in [-0.05, 0) is 36.6 Å². The quantitative estimate of drug-likeness (QED) is 0.221. The zero-order valence-electron chi connectivity index (χ0n) is 21.5. The minimum Gasteiger partial charge on any atom is -0.496 e. The van der Waals surface area contributed by atoms with E-state index in [1.54, 1.807) is 37.4 Å². The number of hydrogen-bond donors (Lipinski definition) is 4. The van der Waals surface area contributed by atoms with E-state index in [1.165, 1.54) is 11.1 Å². The highest BCUT2D eigenvalue weighted by molar-refractivity contribution is 6.39. The van der Waals surface area contributed by atoms with Crippen molar-refractivity contribution in [1.82, 2.24) is 25.5 Å². The number of aromatic nitrogens is 2. The zero-order valence-corrected chi connectivity index (χ0v) is 21.5. The average Bonchev–Trinajstić information content (AvgIpc) is 3.65. The summed E-state index contributed by atoms with van der Waals surface area (Å²) in [6.07, 6.45) is 1.55. The Balaban J connectivity index is 1.54. The number of aromatic hydroxyl groups is 1. The van der Waals surface area contributed by atoms with Crippen molar-refractivity contribution in [3.63, 3.8) is 0 Å². The first-order valence-corrected chi connectivity index (χ1v) is 12.4. The monoisotopic (exact) mass is 521 g/mol. The second kappa shape index (κ2) is 11.3. The number of pyridine rings is 1. The maximum atomic E-state index is 13.4. The summed E-state index contributed by atoms with van der Waals surface area (Å²) in [5.41, 5.74) is 1.26. The fraction of sp³-hybridized carbons (Fsp3) is 0.370. The standard InChI is InChI=1S/C27H31N5O6/c1-15(2)12-20(31-26(36)21-14-17-18(29-21)7-4-8-22(17)38-3)25(35)30-19(23(33)27(37)32-10-11-32)13-16-6-5-9-28-24(16)34/h4-9,14-15,19-20,29H,10-13H2,1-3H3,(H,28,34)(H,30,35)(H,31,36)/t19-,20-/m0/s1.